The lowest BCUT2D eigenvalue weighted by atomic mass is 10.0. The molecule has 0 fully saturated rings. The normalized spacial score (nSPS) is 11.0. The number of rotatable bonds is 5. The fraction of sp³-hybridized carbons (Fsp3) is 0.100. The smallest absolute Gasteiger partial charge is 0.143 e. The van der Waals surface area contributed by atoms with Gasteiger partial charge in [0.25, 0.3) is 0 Å². The second-order valence-corrected chi connectivity index (χ2v) is 5.65. The van der Waals surface area contributed by atoms with Gasteiger partial charge in [-0.15, -0.1) is 0 Å². The summed E-state index contributed by atoms with van der Waals surface area (Å²) in [7, 11) is 0. The molecule has 4 aromatic rings. The second-order valence-electron chi connectivity index (χ2n) is 5.65. The molecule has 3 aromatic heterocycles. The van der Waals surface area contributed by atoms with Crippen molar-refractivity contribution in [2.45, 2.75) is 0 Å². The number of hydrogen-bond acceptors (Lipinski definition) is 3. The van der Waals surface area contributed by atoms with Gasteiger partial charge in [-0.1, -0.05) is 12.1 Å². The first-order valence-corrected chi connectivity index (χ1v) is 8.14. The molecule has 0 aliphatic heterocycles. The van der Waals surface area contributed by atoms with E-state index in [1.807, 2.05) is 18.2 Å². The first-order valence-electron chi connectivity index (χ1n) is 8.14. The Morgan fingerprint density at radius 3 is 2.42 bits per heavy atom. The zero-order valence-electron chi connectivity index (χ0n) is 13.8. The summed E-state index contributed by atoms with van der Waals surface area (Å²) in [5, 5.41) is 0. The summed E-state index contributed by atoms with van der Waals surface area (Å²) in [6.07, 6.45) is 5.04. The molecular formula is C20H15F2N3O. The summed E-state index contributed by atoms with van der Waals surface area (Å²) >= 11 is 0. The van der Waals surface area contributed by atoms with Gasteiger partial charge in [0.2, 0.25) is 0 Å². The van der Waals surface area contributed by atoms with Crippen molar-refractivity contribution in [1.29, 1.82) is 0 Å². The van der Waals surface area contributed by atoms with E-state index in [9.17, 15) is 8.78 Å². The van der Waals surface area contributed by atoms with Crippen LogP contribution >= 0.6 is 0 Å². The van der Waals surface area contributed by atoms with Gasteiger partial charge in [0.05, 0.1) is 5.69 Å². The van der Waals surface area contributed by atoms with Gasteiger partial charge in [-0.3, -0.25) is 9.97 Å². The van der Waals surface area contributed by atoms with Gasteiger partial charge in [-0.25, -0.2) is 8.78 Å². The fourth-order valence-electron chi connectivity index (χ4n) is 3.01. The zero-order chi connectivity index (χ0) is 17.9. The topological polar surface area (TPSA) is 39.9 Å². The quantitative estimate of drug-likeness (QED) is 0.538. The van der Waals surface area contributed by atoms with Crippen LogP contribution in [-0.4, -0.2) is 28.0 Å². The average Bonchev–Trinajstić information content (AvgIpc) is 3.02. The minimum absolute atomic E-state index is 0.0837. The highest BCUT2D eigenvalue weighted by Gasteiger charge is 2.22. The van der Waals surface area contributed by atoms with E-state index in [4.69, 9.17) is 4.84 Å². The van der Waals surface area contributed by atoms with Gasteiger partial charge < -0.3 is 4.84 Å². The summed E-state index contributed by atoms with van der Waals surface area (Å²) in [5.41, 5.74) is 4.57. The van der Waals surface area contributed by atoms with E-state index in [1.165, 1.54) is 12.1 Å². The minimum Gasteiger partial charge on any atom is -0.410 e. The molecule has 3 heterocycles. The van der Waals surface area contributed by atoms with Crippen LogP contribution in [0.4, 0.5) is 8.78 Å². The number of fused-ring (bicyclic) bond motifs is 1. The van der Waals surface area contributed by atoms with Gasteiger partial charge in [0, 0.05) is 29.7 Å². The largest absolute Gasteiger partial charge is 0.410 e. The van der Waals surface area contributed by atoms with Crippen LogP contribution in [0.5, 0.6) is 0 Å². The van der Waals surface area contributed by atoms with Gasteiger partial charge in [-0.05, 0) is 42.0 Å². The van der Waals surface area contributed by atoms with Gasteiger partial charge in [0.15, 0.2) is 0 Å². The molecule has 0 amide bonds. The molecular weight excluding hydrogens is 336 g/mol. The van der Waals surface area contributed by atoms with E-state index in [0.29, 0.717) is 11.0 Å². The lowest BCUT2D eigenvalue weighted by molar-refractivity contribution is 0.110. The number of nitrogens with zero attached hydrogens (tertiary/aromatic N) is 3. The van der Waals surface area contributed by atoms with Crippen molar-refractivity contribution >= 4 is 11.0 Å². The number of alkyl halides is 1. The Labute approximate surface area is 148 Å². The lowest BCUT2D eigenvalue weighted by Gasteiger charge is -2.12. The molecule has 1 aromatic carbocycles. The third-order valence-corrected chi connectivity index (χ3v) is 4.07. The van der Waals surface area contributed by atoms with E-state index >= 15 is 0 Å². The van der Waals surface area contributed by atoms with Crippen LogP contribution in [0.1, 0.15) is 0 Å². The molecule has 0 aliphatic carbocycles. The van der Waals surface area contributed by atoms with Crippen LogP contribution in [-0.2, 0) is 0 Å². The Balaban J connectivity index is 2.06. The molecule has 0 bridgehead atoms. The summed E-state index contributed by atoms with van der Waals surface area (Å²) < 4.78 is 27.8. The second kappa shape index (κ2) is 6.92. The lowest BCUT2D eigenvalue weighted by Crippen LogP contribution is -2.15. The van der Waals surface area contributed by atoms with Crippen LogP contribution in [0.3, 0.4) is 0 Å². The molecule has 26 heavy (non-hydrogen) atoms. The Hall–Kier alpha value is -3.28. The predicted molar refractivity (Wildman–Crippen MR) is 95.8 cm³/mol. The maximum Gasteiger partial charge on any atom is 0.143 e. The highest BCUT2D eigenvalue weighted by Crippen LogP contribution is 2.39. The van der Waals surface area contributed by atoms with E-state index in [2.05, 4.69) is 9.97 Å². The first-order chi connectivity index (χ1) is 12.8. The Kier molecular flexibility index (Phi) is 4.31. The number of benzene rings is 1. The molecule has 0 N–H and O–H groups in total. The van der Waals surface area contributed by atoms with Crippen LogP contribution in [0.25, 0.3) is 33.4 Å². The standard InChI is InChI=1S/C20H15F2N3O/c21-9-13-26-25-17-2-1-10-24-19(17)18(14-3-5-16(22)6-4-14)20(25)15-7-11-23-12-8-15/h1-8,10-12H,9,13H2. The summed E-state index contributed by atoms with van der Waals surface area (Å²) in [6, 6.07) is 13.5. The third-order valence-electron chi connectivity index (χ3n) is 4.07. The number of pyridine rings is 2. The van der Waals surface area contributed by atoms with Gasteiger partial charge in [0.1, 0.15) is 30.1 Å². The number of hydrogen-bond donors (Lipinski definition) is 0. The fourth-order valence-corrected chi connectivity index (χ4v) is 3.01. The van der Waals surface area contributed by atoms with E-state index in [1.54, 1.807) is 41.5 Å². The highest BCUT2D eigenvalue weighted by molar-refractivity contribution is 6.01. The molecule has 0 saturated heterocycles. The highest BCUT2D eigenvalue weighted by atomic mass is 19.1. The van der Waals surface area contributed by atoms with E-state index < -0.39 is 6.67 Å². The summed E-state index contributed by atoms with van der Waals surface area (Å²) in [6.45, 7) is -0.693. The maximum absolute atomic E-state index is 13.4. The molecule has 0 saturated carbocycles. The molecule has 4 rings (SSSR count). The van der Waals surface area contributed by atoms with Crippen molar-refractivity contribution in [2.75, 3.05) is 13.3 Å². The summed E-state index contributed by atoms with van der Waals surface area (Å²) in [4.78, 5) is 14.2. The average molecular weight is 351 g/mol. The van der Waals surface area contributed by atoms with Crippen molar-refractivity contribution in [1.82, 2.24) is 14.7 Å². The Morgan fingerprint density at radius 2 is 1.69 bits per heavy atom. The molecule has 0 atom stereocenters. The van der Waals surface area contributed by atoms with Crippen molar-refractivity contribution in [3.63, 3.8) is 0 Å². The SMILES string of the molecule is FCCOn1c(-c2ccncc2)c(-c2ccc(F)cc2)c2ncccc21. The van der Waals surface area contributed by atoms with E-state index in [-0.39, 0.29) is 12.4 Å². The van der Waals surface area contributed by atoms with Crippen LogP contribution in [0.15, 0.2) is 67.1 Å². The Bertz CT molecular complexity index is 1030. The molecule has 6 heteroatoms. The third kappa shape index (κ3) is 2.79. The van der Waals surface area contributed by atoms with Crippen LogP contribution < -0.4 is 4.84 Å². The molecule has 0 radical (unpaired) electrons. The first kappa shape index (κ1) is 16.2. The zero-order valence-corrected chi connectivity index (χ0v) is 13.8. The molecule has 0 aliphatic rings. The number of halogens is 2. The monoisotopic (exact) mass is 351 g/mol. The van der Waals surface area contributed by atoms with E-state index in [0.717, 1.165) is 22.4 Å². The molecule has 0 spiro atoms. The predicted octanol–water partition coefficient (Wildman–Crippen LogP) is 4.30. The number of aromatic nitrogens is 3. The van der Waals surface area contributed by atoms with Crippen molar-refractivity contribution < 1.29 is 13.6 Å². The summed E-state index contributed by atoms with van der Waals surface area (Å²) in [5.74, 6) is -0.315. The van der Waals surface area contributed by atoms with Crippen molar-refractivity contribution in [3.05, 3.63) is 72.9 Å². The molecule has 0 unspecified atom stereocenters. The van der Waals surface area contributed by atoms with Gasteiger partial charge in [-0.2, -0.15) is 4.73 Å². The molecule has 4 nitrogen and oxygen atoms in total. The van der Waals surface area contributed by atoms with Crippen molar-refractivity contribution in [3.8, 4) is 22.4 Å². The van der Waals surface area contributed by atoms with Crippen LogP contribution in [0, 0.1) is 5.82 Å². The van der Waals surface area contributed by atoms with Crippen LogP contribution in [0.2, 0.25) is 0 Å². The van der Waals surface area contributed by atoms with Gasteiger partial charge >= 0.3 is 0 Å². The minimum atomic E-state index is -0.610. The Morgan fingerprint density at radius 1 is 0.923 bits per heavy atom. The maximum atomic E-state index is 13.4. The van der Waals surface area contributed by atoms with Crippen molar-refractivity contribution in [2.24, 2.45) is 0 Å². The molecule has 130 valence electrons.